The third-order valence-corrected chi connectivity index (χ3v) is 3.83. The first kappa shape index (κ1) is 15.1. The van der Waals surface area contributed by atoms with Gasteiger partial charge in [-0.1, -0.05) is 23.2 Å². The van der Waals surface area contributed by atoms with E-state index in [-0.39, 0.29) is 5.91 Å². The van der Waals surface area contributed by atoms with Gasteiger partial charge in [-0.2, -0.15) is 0 Å². The highest BCUT2D eigenvalue weighted by atomic mass is 79.9. The fraction of sp³-hybridized carbons (Fsp3) is 0.0769. The number of halogens is 3. The fourth-order valence-corrected chi connectivity index (χ4v) is 2.17. The molecule has 0 saturated carbocycles. The number of aromatic nitrogens is 1. The molecule has 0 bridgehead atoms. The number of nitrogens with zero attached hydrogens (tertiary/aromatic N) is 1. The van der Waals surface area contributed by atoms with Crippen molar-refractivity contribution in [3.63, 3.8) is 0 Å². The molecule has 0 saturated heterocycles. The van der Waals surface area contributed by atoms with E-state index < -0.39 is 0 Å². The molecule has 2 aromatic rings. The first-order chi connectivity index (χ1) is 9.51. The van der Waals surface area contributed by atoms with Crippen LogP contribution in [0.15, 0.2) is 34.9 Å². The third-order valence-electron chi connectivity index (χ3n) is 2.46. The summed E-state index contributed by atoms with van der Waals surface area (Å²) < 4.78 is 5.73. The van der Waals surface area contributed by atoms with E-state index in [1.54, 1.807) is 18.2 Å². The number of benzene rings is 1. The van der Waals surface area contributed by atoms with Gasteiger partial charge in [-0.3, -0.25) is 4.79 Å². The lowest BCUT2D eigenvalue weighted by Crippen LogP contribution is -2.13. The number of amides is 1. The number of methoxy groups -OCH3 is 1. The van der Waals surface area contributed by atoms with E-state index in [1.165, 1.54) is 19.4 Å². The molecule has 2 rings (SSSR count). The minimum absolute atomic E-state index is 0.323. The number of hydrogen-bond acceptors (Lipinski definition) is 3. The van der Waals surface area contributed by atoms with E-state index in [9.17, 15) is 4.79 Å². The van der Waals surface area contributed by atoms with Crippen molar-refractivity contribution in [1.29, 1.82) is 0 Å². The number of ether oxygens (including phenoxy) is 1. The summed E-state index contributed by atoms with van der Waals surface area (Å²) in [6.45, 7) is 0. The van der Waals surface area contributed by atoms with Crippen LogP contribution in [0.1, 0.15) is 10.4 Å². The van der Waals surface area contributed by atoms with Crippen molar-refractivity contribution in [1.82, 2.24) is 4.98 Å². The quantitative estimate of drug-likeness (QED) is 0.808. The van der Waals surface area contributed by atoms with Crippen LogP contribution in [0, 0.1) is 0 Å². The summed E-state index contributed by atoms with van der Waals surface area (Å²) in [6, 6.07) is 6.48. The van der Waals surface area contributed by atoms with Crippen molar-refractivity contribution in [2.45, 2.75) is 0 Å². The van der Waals surface area contributed by atoms with Crippen LogP contribution in [0.2, 0.25) is 10.2 Å². The molecule has 0 unspecified atom stereocenters. The van der Waals surface area contributed by atoms with Crippen molar-refractivity contribution < 1.29 is 9.53 Å². The Labute approximate surface area is 134 Å². The largest absolute Gasteiger partial charge is 0.496 e. The van der Waals surface area contributed by atoms with Gasteiger partial charge in [-0.25, -0.2) is 4.98 Å². The Balaban J connectivity index is 2.27. The Morgan fingerprint density at radius 3 is 2.75 bits per heavy atom. The van der Waals surface area contributed by atoms with Crippen LogP contribution in [-0.2, 0) is 0 Å². The molecule has 1 amide bonds. The highest BCUT2D eigenvalue weighted by Crippen LogP contribution is 2.26. The first-order valence-electron chi connectivity index (χ1n) is 5.47. The molecule has 0 aliphatic carbocycles. The maximum atomic E-state index is 12.2. The van der Waals surface area contributed by atoms with E-state index >= 15 is 0 Å². The summed E-state index contributed by atoms with van der Waals surface area (Å²) >= 11 is 14.9. The molecule has 1 aromatic carbocycles. The van der Waals surface area contributed by atoms with E-state index in [0.29, 0.717) is 31.6 Å². The Bertz CT molecular complexity index is 665. The first-order valence-corrected chi connectivity index (χ1v) is 7.02. The smallest absolute Gasteiger partial charge is 0.259 e. The van der Waals surface area contributed by atoms with Crippen LogP contribution in [0.4, 0.5) is 5.69 Å². The van der Waals surface area contributed by atoms with Crippen LogP contribution in [0.3, 0.4) is 0 Å². The normalized spacial score (nSPS) is 10.2. The van der Waals surface area contributed by atoms with E-state index in [4.69, 9.17) is 27.9 Å². The average molecular weight is 376 g/mol. The fourth-order valence-electron chi connectivity index (χ4n) is 1.55. The van der Waals surface area contributed by atoms with Crippen LogP contribution < -0.4 is 10.1 Å². The number of carbonyl (C=O) groups excluding carboxylic acids is 1. The lowest BCUT2D eigenvalue weighted by Gasteiger charge is -2.10. The summed E-state index contributed by atoms with van der Waals surface area (Å²) in [6.07, 6.45) is 1.46. The summed E-state index contributed by atoms with van der Waals surface area (Å²) in [5.74, 6) is 0.0910. The van der Waals surface area contributed by atoms with Crippen molar-refractivity contribution in [3.05, 3.63) is 50.7 Å². The highest BCUT2D eigenvalue weighted by molar-refractivity contribution is 9.10. The maximum Gasteiger partial charge on any atom is 0.259 e. The molecule has 0 atom stereocenters. The van der Waals surface area contributed by atoms with Gasteiger partial charge in [0.1, 0.15) is 10.9 Å². The molecule has 0 aliphatic rings. The van der Waals surface area contributed by atoms with Crippen LogP contribution >= 0.6 is 39.1 Å². The number of nitrogens with one attached hydrogen (secondary N) is 1. The zero-order chi connectivity index (χ0) is 14.7. The Morgan fingerprint density at radius 1 is 1.35 bits per heavy atom. The Kier molecular flexibility index (Phi) is 4.86. The molecule has 7 heteroatoms. The average Bonchev–Trinajstić information content (AvgIpc) is 2.43. The Hall–Kier alpha value is -1.30. The SMILES string of the molecule is COc1ccc(Cl)cc1C(=O)Nc1cnc(Cl)c(Br)c1. The molecular weight excluding hydrogens is 367 g/mol. The zero-order valence-electron chi connectivity index (χ0n) is 10.3. The molecule has 0 fully saturated rings. The predicted octanol–water partition coefficient (Wildman–Crippen LogP) is 4.41. The molecule has 0 spiro atoms. The molecule has 1 heterocycles. The second kappa shape index (κ2) is 6.43. The van der Waals surface area contributed by atoms with Gasteiger partial charge >= 0.3 is 0 Å². The van der Waals surface area contributed by atoms with Crippen molar-refractivity contribution in [3.8, 4) is 5.75 Å². The zero-order valence-corrected chi connectivity index (χ0v) is 13.4. The number of carbonyl (C=O) groups is 1. The number of rotatable bonds is 3. The number of pyridine rings is 1. The van der Waals surface area contributed by atoms with Gasteiger partial charge in [0.2, 0.25) is 0 Å². The second-order valence-electron chi connectivity index (χ2n) is 3.80. The third kappa shape index (κ3) is 3.42. The summed E-state index contributed by atoms with van der Waals surface area (Å²) in [5, 5.41) is 3.47. The standard InChI is InChI=1S/C13H9BrCl2N2O2/c1-20-11-3-2-7(15)4-9(11)13(19)18-8-5-10(14)12(16)17-6-8/h2-6H,1H3,(H,18,19). The minimum atomic E-state index is -0.347. The van der Waals surface area contributed by atoms with Gasteiger partial charge in [0.25, 0.3) is 5.91 Å². The molecule has 1 N–H and O–H groups in total. The van der Waals surface area contributed by atoms with Crippen molar-refractivity contribution in [2.24, 2.45) is 0 Å². The maximum absolute atomic E-state index is 12.2. The van der Waals surface area contributed by atoms with Crippen LogP contribution in [0.25, 0.3) is 0 Å². The molecule has 0 radical (unpaired) electrons. The lowest BCUT2D eigenvalue weighted by molar-refractivity contribution is 0.102. The van der Waals surface area contributed by atoms with E-state index in [1.807, 2.05) is 0 Å². The summed E-state index contributed by atoms with van der Waals surface area (Å²) in [5.41, 5.74) is 0.847. The number of anilines is 1. The highest BCUT2D eigenvalue weighted by Gasteiger charge is 2.13. The number of hydrogen-bond donors (Lipinski definition) is 1. The molecule has 1 aromatic heterocycles. The van der Waals surface area contributed by atoms with Crippen LogP contribution in [0.5, 0.6) is 5.75 Å². The van der Waals surface area contributed by atoms with E-state index in [2.05, 4.69) is 26.2 Å². The molecule has 4 nitrogen and oxygen atoms in total. The van der Waals surface area contributed by atoms with Gasteiger partial charge in [0.15, 0.2) is 0 Å². The minimum Gasteiger partial charge on any atom is -0.496 e. The van der Waals surface area contributed by atoms with Gasteiger partial charge in [-0.05, 0) is 40.2 Å². The topological polar surface area (TPSA) is 51.2 Å². The van der Waals surface area contributed by atoms with Gasteiger partial charge in [0.05, 0.1) is 29.0 Å². The molecule has 0 aliphatic heterocycles. The van der Waals surface area contributed by atoms with E-state index in [0.717, 1.165) is 0 Å². The summed E-state index contributed by atoms with van der Waals surface area (Å²) in [7, 11) is 1.49. The predicted molar refractivity (Wildman–Crippen MR) is 82.9 cm³/mol. The molecule has 20 heavy (non-hydrogen) atoms. The molecular formula is C13H9BrCl2N2O2. The lowest BCUT2D eigenvalue weighted by atomic mass is 10.2. The second-order valence-corrected chi connectivity index (χ2v) is 5.44. The molecule has 104 valence electrons. The van der Waals surface area contributed by atoms with Gasteiger partial charge in [-0.15, -0.1) is 0 Å². The summed E-state index contributed by atoms with van der Waals surface area (Å²) in [4.78, 5) is 16.1. The van der Waals surface area contributed by atoms with Crippen molar-refractivity contribution >= 4 is 50.7 Å². The Morgan fingerprint density at radius 2 is 2.10 bits per heavy atom. The van der Waals surface area contributed by atoms with Gasteiger partial charge < -0.3 is 10.1 Å². The van der Waals surface area contributed by atoms with Crippen LogP contribution in [-0.4, -0.2) is 18.0 Å². The van der Waals surface area contributed by atoms with Gasteiger partial charge in [0, 0.05) is 5.02 Å². The van der Waals surface area contributed by atoms with Crippen molar-refractivity contribution in [2.75, 3.05) is 12.4 Å². The monoisotopic (exact) mass is 374 g/mol.